The van der Waals surface area contributed by atoms with Crippen LogP contribution in [0, 0.1) is 0 Å². The Morgan fingerprint density at radius 3 is 2.74 bits per heavy atom. The first-order valence-electron chi connectivity index (χ1n) is 10.3. The van der Waals surface area contributed by atoms with E-state index in [2.05, 4.69) is 51.1 Å². The van der Waals surface area contributed by atoms with Crippen molar-refractivity contribution < 1.29 is 14.7 Å². The van der Waals surface area contributed by atoms with E-state index in [9.17, 15) is 5.11 Å². The van der Waals surface area contributed by atoms with Gasteiger partial charge in [0.25, 0.3) is 0 Å². The third kappa shape index (κ3) is 3.25. The van der Waals surface area contributed by atoms with Crippen molar-refractivity contribution in [3.8, 4) is 11.1 Å². The molecule has 31 heavy (non-hydrogen) atoms. The van der Waals surface area contributed by atoms with Crippen LogP contribution in [0.5, 0.6) is 0 Å². The van der Waals surface area contributed by atoms with Crippen LogP contribution in [-0.2, 0) is 22.4 Å². The van der Waals surface area contributed by atoms with E-state index >= 15 is 0 Å². The Bertz CT molecular complexity index is 1210. The van der Waals surface area contributed by atoms with Gasteiger partial charge in [0.2, 0.25) is 12.5 Å². The molecule has 1 aromatic heterocycles. The van der Waals surface area contributed by atoms with E-state index in [4.69, 9.17) is 9.57 Å². The van der Waals surface area contributed by atoms with Gasteiger partial charge in [-0.15, -0.1) is 5.10 Å². The maximum atomic E-state index is 10.6. The molecule has 4 heterocycles. The monoisotopic (exact) mass is 415 g/mol. The Hall–Kier alpha value is -3.33. The van der Waals surface area contributed by atoms with E-state index in [1.165, 1.54) is 0 Å². The van der Waals surface area contributed by atoms with E-state index in [0.717, 1.165) is 39.2 Å². The Morgan fingerprint density at radius 1 is 1.13 bits per heavy atom. The fraction of sp³-hybridized carbons (Fsp3) is 0.261. The smallest absolute Gasteiger partial charge is 0.233 e. The third-order valence-electron chi connectivity index (χ3n) is 6.01. The molecule has 3 aliphatic heterocycles. The quantitative estimate of drug-likeness (QED) is 0.635. The van der Waals surface area contributed by atoms with Gasteiger partial charge in [0.05, 0.1) is 18.0 Å². The number of benzene rings is 2. The summed E-state index contributed by atoms with van der Waals surface area (Å²) in [4.78, 5) is 9.96. The summed E-state index contributed by atoms with van der Waals surface area (Å²) in [7, 11) is 0. The van der Waals surface area contributed by atoms with Gasteiger partial charge in [-0.3, -0.25) is 0 Å². The number of epoxide rings is 1. The van der Waals surface area contributed by atoms with Crippen LogP contribution < -0.4 is 5.48 Å². The van der Waals surface area contributed by atoms with Crippen molar-refractivity contribution >= 4 is 11.5 Å². The minimum Gasteiger partial charge on any atom is -0.388 e. The summed E-state index contributed by atoms with van der Waals surface area (Å²) in [5.41, 5.74) is 9.98. The van der Waals surface area contributed by atoms with Gasteiger partial charge in [0.15, 0.2) is 5.84 Å². The summed E-state index contributed by atoms with van der Waals surface area (Å²) in [6.45, 7) is 1.98. The number of aliphatic hydroxyl groups excluding tert-OH is 1. The lowest BCUT2D eigenvalue weighted by molar-refractivity contribution is 0.00903. The molecule has 0 bridgehead atoms. The number of ether oxygens (including phenoxy) is 1. The zero-order valence-electron chi connectivity index (χ0n) is 16.9. The summed E-state index contributed by atoms with van der Waals surface area (Å²) in [6.07, 6.45) is 1.91. The van der Waals surface area contributed by atoms with E-state index in [-0.39, 0.29) is 12.5 Å². The molecule has 6 rings (SSSR count). The van der Waals surface area contributed by atoms with Gasteiger partial charge < -0.3 is 9.84 Å². The Labute approximate surface area is 178 Å². The van der Waals surface area contributed by atoms with Gasteiger partial charge in [-0.05, 0) is 35.6 Å². The van der Waals surface area contributed by atoms with E-state index in [1.807, 2.05) is 29.8 Å². The highest BCUT2D eigenvalue weighted by atomic mass is 16.8. The average molecular weight is 415 g/mol. The topological polar surface area (TPSA) is 97.1 Å². The van der Waals surface area contributed by atoms with Gasteiger partial charge in [-0.1, -0.05) is 53.7 Å². The van der Waals surface area contributed by atoms with Crippen LogP contribution in [0.15, 0.2) is 65.3 Å². The largest absolute Gasteiger partial charge is 0.388 e. The summed E-state index contributed by atoms with van der Waals surface area (Å²) in [5.74, 6) is 0.674. The number of aromatic nitrogens is 3. The lowest BCUT2D eigenvalue weighted by Gasteiger charge is -2.24. The number of fused-ring (bicyclic) bond motifs is 2. The Morgan fingerprint density at radius 2 is 1.94 bits per heavy atom. The van der Waals surface area contributed by atoms with E-state index in [1.54, 1.807) is 6.20 Å². The lowest BCUT2D eigenvalue weighted by Crippen LogP contribution is -2.31. The second-order valence-corrected chi connectivity index (χ2v) is 7.98. The fourth-order valence-electron chi connectivity index (χ4n) is 4.25. The molecule has 3 unspecified atom stereocenters. The molecule has 0 radical (unpaired) electrons. The van der Waals surface area contributed by atoms with Crippen molar-refractivity contribution in [2.75, 3.05) is 0 Å². The van der Waals surface area contributed by atoms with Gasteiger partial charge in [0.1, 0.15) is 0 Å². The molecule has 1 saturated heterocycles. The molecule has 0 saturated carbocycles. The molecule has 3 aliphatic rings. The number of aliphatic hydroxyl groups is 1. The molecule has 0 spiro atoms. The molecule has 156 valence electrons. The van der Waals surface area contributed by atoms with Crippen LogP contribution in [0.25, 0.3) is 16.8 Å². The van der Waals surface area contributed by atoms with Gasteiger partial charge in [-0.2, -0.15) is 0 Å². The van der Waals surface area contributed by atoms with Crippen molar-refractivity contribution in [1.82, 2.24) is 20.5 Å². The van der Waals surface area contributed by atoms with Gasteiger partial charge >= 0.3 is 0 Å². The SMILES string of the molecule is CC1=C(Cc2ccc(-c3ccccc3C3=NC4OC4ON3)cc2)C(O)Cc2cnnn21. The second-order valence-electron chi connectivity index (χ2n) is 7.98. The average Bonchev–Trinajstić information content (AvgIpc) is 3.43. The number of allylic oxidation sites excluding steroid dienone is 1. The van der Waals surface area contributed by atoms with Crippen molar-refractivity contribution in [3.05, 3.63) is 77.1 Å². The van der Waals surface area contributed by atoms with Crippen LogP contribution in [0.1, 0.15) is 23.7 Å². The molecule has 0 aliphatic carbocycles. The molecule has 0 amide bonds. The number of nitrogens with zero attached hydrogens (tertiary/aromatic N) is 4. The number of hydrogen-bond donors (Lipinski definition) is 2. The van der Waals surface area contributed by atoms with E-state index < -0.39 is 6.10 Å². The molecule has 8 nitrogen and oxygen atoms in total. The highest BCUT2D eigenvalue weighted by Crippen LogP contribution is 2.31. The molecular formula is C23H21N5O3. The Kier molecular flexibility index (Phi) is 4.24. The van der Waals surface area contributed by atoms with Gasteiger partial charge in [-0.25, -0.2) is 20.0 Å². The molecule has 2 aromatic carbocycles. The molecule has 3 aromatic rings. The lowest BCUT2D eigenvalue weighted by atomic mass is 9.92. The molecule has 3 atom stereocenters. The van der Waals surface area contributed by atoms with Crippen LogP contribution in [0.2, 0.25) is 0 Å². The highest BCUT2D eigenvalue weighted by molar-refractivity contribution is 6.04. The predicted octanol–water partition coefficient (Wildman–Crippen LogP) is 2.30. The van der Waals surface area contributed by atoms with Crippen molar-refractivity contribution in [1.29, 1.82) is 0 Å². The standard InChI is InChI=1S/C23H21N5O3/c1-13-19(20(29)11-16-12-24-27-28(13)16)10-14-6-8-15(9-7-14)17-4-2-3-5-18(17)21-25-22-23(30-22)31-26-21/h2-9,12,20,22-23,29H,10-11H2,1H3,(H,25,26). The zero-order chi connectivity index (χ0) is 20.9. The van der Waals surface area contributed by atoms with Crippen molar-refractivity contribution in [2.24, 2.45) is 4.99 Å². The fourth-order valence-corrected chi connectivity index (χ4v) is 4.25. The van der Waals surface area contributed by atoms with Crippen LogP contribution in [0.3, 0.4) is 0 Å². The number of rotatable bonds is 4. The summed E-state index contributed by atoms with van der Waals surface area (Å²) in [6, 6.07) is 16.5. The first-order valence-corrected chi connectivity index (χ1v) is 10.3. The molecule has 8 heteroatoms. The Balaban J connectivity index is 1.28. The molecule has 2 N–H and O–H groups in total. The maximum Gasteiger partial charge on any atom is 0.233 e. The van der Waals surface area contributed by atoms with Gasteiger partial charge in [0, 0.05) is 17.7 Å². The first-order chi connectivity index (χ1) is 15.2. The number of aliphatic imine (C=N–C) groups is 1. The van der Waals surface area contributed by atoms with Crippen LogP contribution in [-0.4, -0.2) is 44.6 Å². The number of nitrogens with one attached hydrogen (secondary N) is 1. The summed E-state index contributed by atoms with van der Waals surface area (Å²) >= 11 is 0. The maximum absolute atomic E-state index is 10.6. The van der Waals surface area contributed by atoms with Crippen LogP contribution >= 0.6 is 0 Å². The van der Waals surface area contributed by atoms with E-state index in [0.29, 0.717) is 18.7 Å². The molecule has 1 fully saturated rings. The number of hydroxylamine groups is 1. The first kappa shape index (κ1) is 18.4. The zero-order valence-corrected chi connectivity index (χ0v) is 16.9. The number of hydrogen-bond acceptors (Lipinski definition) is 7. The minimum atomic E-state index is -0.518. The summed E-state index contributed by atoms with van der Waals surface area (Å²) < 4.78 is 7.11. The second kappa shape index (κ2) is 7.12. The molecular weight excluding hydrogens is 394 g/mol. The normalized spacial score (nSPS) is 24.2. The summed E-state index contributed by atoms with van der Waals surface area (Å²) in [5, 5.41) is 18.7. The van der Waals surface area contributed by atoms with Crippen LogP contribution in [0.4, 0.5) is 0 Å². The van der Waals surface area contributed by atoms with Crippen molar-refractivity contribution in [3.63, 3.8) is 0 Å². The predicted molar refractivity (Wildman–Crippen MR) is 114 cm³/mol. The minimum absolute atomic E-state index is 0.212. The van der Waals surface area contributed by atoms with Crippen molar-refractivity contribution in [2.45, 2.75) is 38.4 Å². The number of amidine groups is 1. The third-order valence-corrected chi connectivity index (χ3v) is 6.01. The highest BCUT2D eigenvalue weighted by Gasteiger charge is 2.44.